The van der Waals surface area contributed by atoms with Gasteiger partial charge in [0, 0.05) is 12.1 Å². The Morgan fingerprint density at radius 2 is 1.68 bits per heavy atom. The van der Waals surface area contributed by atoms with E-state index in [0.29, 0.717) is 12.2 Å². The lowest BCUT2D eigenvalue weighted by atomic mass is 10.0. The fourth-order valence-corrected chi connectivity index (χ4v) is 3.48. The van der Waals surface area contributed by atoms with Gasteiger partial charge in [-0.05, 0) is 42.5 Å². The number of phenolic OH excluding ortho intramolecular Hbond substituents is 1. The van der Waals surface area contributed by atoms with Crippen molar-refractivity contribution >= 4 is 22.6 Å². The lowest BCUT2D eigenvalue weighted by Gasteiger charge is -2.15. The van der Waals surface area contributed by atoms with Crippen molar-refractivity contribution in [3.05, 3.63) is 69.1 Å². The molecule has 2 N–H and O–H groups in total. The minimum Gasteiger partial charge on any atom is -0.507 e. The van der Waals surface area contributed by atoms with E-state index in [0.717, 1.165) is 36.1 Å². The summed E-state index contributed by atoms with van der Waals surface area (Å²) < 4.78 is 5.85. The molecule has 1 aromatic heterocycles. The van der Waals surface area contributed by atoms with Gasteiger partial charge in [0.2, 0.25) is 5.43 Å². The molecule has 0 atom stereocenters. The van der Waals surface area contributed by atoms with E-state index in [1.807, 2.05) is 39.0 Å². The molecule has 28 heavy (non-hydrogen) atoms. The Morgan fingerprint density at radius 1 is 1.04 bits per heavy atom. The van der Waals surface area contributed by atoms with Gasteiger partial charge in [-0.1, -0.05) is 45.0 Å². The third-order valence-corrected chi connectivity index (χ3v) is 4.91. The molecule has 0 aliphatic carbocycles. The number of phenols is 1. The Labute approximate surface area is 164 Å². The third kappa shape index (κ3) is 3.52. The zero-order valence-corrected chi connectivity index (χ0v) is 16.5. The summed E-state index contributed by atoms with van der Waals surface area (Å²) in [7, 11) is 0. The van der Waals surface area contributed by atoms with E-state index >= 15 is 0 Å². The average molecular weight is 379 g/mol. The number of carbonyl (C=O) groups is 1. The van der Waals surface area contributed by atoms with E-state index in [1.54, 1.807) is 12.1 Å². The van der Waals surface area contributed by atoms with Crippen LogP contribution in [0.2, 0.25) is 0 Å². The van der Waals surface area contributed by atoms with Gasteiger partial charge in [0.05, 0.1) is 0 Å². The molecular formula is C23H25NO4. The molecule has 0 spiro atoms. The predicted octanol–water partition coefficient (Wildman–Crippen LogP) is 4.83. The second kappa shape index (κ2) is 8.30. The van der Waals surface area contributed by atoms with Crippen LogP contribution in [0.1, 0.15) is 54.4 Å². The molecule has 3 aromatic rings. The van der Waals surface area contributed by atoms with Gasteiger partial charge in [0.25, 0.3) is 5.91 Å². The maximum atomic E-state index is 13.2. The third-order valence-electron chi connectivity index (χ3n) is 4.91. The summed E-state index contributed by atoms with van der Waals surface area (Å²) in [6, 6.07) is 10.6. The molecule has 0 saturated heterocycles. The minimum atomic E-state index is -0.507. The summed E-state index contributed by atoms with van der Waals surface area (Å²) in [5, 5.41) is 13.1. The van der Waals surface area contributed by atoms with Crippen LogP contribution in [0.4, 0.5) is 5.69 Å². The first-order valence-corrected chi connectivity index (χ1v) is 9.71. The van der Waals surface area contributed by atoms with Crippen molar-refractivity contribution in [3.63, 3.8) is 0 Å². The van der Waals surface area contributed by atoms with Crippen LogP contribution in [0.15, 0.2) is 45.6 Å². The Kier molecular flexibility index (Phi) is 5.83. The molecule has 2 aromatic carbocycles. The fourth-order valence-electron chi connectivity index (χ4n) is 3.48. The lowest BCUT2D eigenvalue weighted by molar-refractivity contribution is 0.102. The van der Waals surface area contributed by atoms with Crippen LogP contribution < -0.4 is 10.7 Å². The van der Waals surface area contributed by atoms with Gasteiger partial charge in [-0.25, -0.2) is 0 Å². The summed E-state index contributed by atoms with van der Waals surface area (Å²) >= 11 is 0. The normalized spacial score (nSPS) is 11.0. The van der Waals surface area contributed by atoms with Crippen LogP contribution in [-0.2, 0) is 19.3 Å². The highest BCUT2D eigenvalue weighted by Gasteiger charge is 2.23. The average Bonchev–Trinajstić information content (AvgIpc) is 2.68. The summed E-state index contributed by atoms with van der Waals surface area (Å²) in [4.78, 5) is 26.3. The SMILES string of the molecule is CCCc1oc2cccc(O)c2c(=O)c1C(=O)Nc1c(CC)cccc1CC. The minimum absolute atomic E-state index is 0.0343. The van der Waals surface area contributed by atoms with Crippen molar-refractivity contribution in [2.75, 3.05) is 5.32 Å². The summed E-state index contributed by atoms with van der Waals surface area (Å²) in [5.41, 5.74) is 2.51. The maximum Gasteiger partial charge on any atom is 0.263 e. The molecule has 0 aliphatic rings. The van der Waals surface area contributed by atoms with Gasteiger partial charge < -0.3 is 14.8 Å². The highest BCUT2D eigenvalue weighted by Crippen LogP contribution is 2.27. The van der Waals surface area contributed by atoms with Crippen molar-refractivity contribution in [3.8, 4) is 5.75 Å². The largest absolute Gasteiger partial charge is 0.507 e. The predicted molar refractivity (Wildman–Crippen MR) is 111 cm³/mol. The van der Waals surface area contributed by atoms with Gasteiger partial charge in [-0.15, -0.1) is 0 Å². The Balaban J connectivity index is 2.17. The smallest absolute Gasteiger partial charge is 0.263 e. The number of aromatic hydroxyl groups is 1. The number of aryl methyl sites for hydroxylation is 3. The van der Waals surface area contributed by atoms with Crippen LogP contribution in [0.5, 0.6) is 5.75 Å². The van der Waals surface area contributed by atoms with Crippen LogP contribution in [0, 0.1) is 0 Å². The Morgan fingerprint density at radius 3 is 2.29 bits per heavy atom. The van der Waals surface area contributed by atoms with Crippen molar-refractivity contribution < 1.29 is 14.3 Å². The molecule has 0 fully saturated rings. The second-order valence-electron chi connectivity index (χ2n) is 6.74. The highest BCUT2D eigenvalue weighted by molar-refractivity contribution is 6.07. The Hall–Kier alpha value is -3.08. The highest BCUT2D eigenvalue weighted by atomic mass is 16.3. The topological polar surface area (TPSA) is 79.5 Å². The van der Waals surface area contributed by atoms with E-state index in [-0.39, 0.29) is 22.3 Å². The fraction of sp³-hybridized carbons (Fsp3) is 0.304. The Bertz CT molecular complexity index is 1060. The van der Waals surface area contributed by atoms with Crippen molar-refractivity contribution in [1.29, 1.82) is 0 Å². The molecule has 0 bridgehead atoms. The number of hydrogen-bond donors (Lipinski definition) is 2. The van der Waals surface area contributed by atoms with E-state index in [2.05, 4.69) is 5.32 Å². The zero-order valence-electron chi connectivity index (χ0n) is 16.5. The van der Waals surface area contributed by atoms with Gasteiger partial charge >= 0.3 is 0 Å². The van der Waals surface area contributed by atoms with Crippen LogP contribution >= 0.6 is 0 Å². The number of carbonyl (C=O) groups excluding carboxylic acids is 1. The van der Waals surface area contributed by atoms with Crippen LogP contribution in [0.25, 0.3) is 11.0 Å². The number of hydrogen-bond acceptors (Lipinski definition) is 4. The summed E-state index contributed by atoms with van der Waals surface area (Å²) in [6.45, 7) is 6.00. The molecule has 3 rings (SSSR count). The van der Waals surface area contributed by atoms with Crippen LogP contribution in [-0.4, -0.2) is 11.0 Å². The molecule has 0 saturated carbocycles. The number of benzene rings is 2. The second-order valence-corrected chi connectivity index (χ2v) is 6.74. The quantitative estimate of drug-likeness (QED) is 0.643. The number of rotatable bonds is 6. The van der Waals surface area contributed by atoms with Crippen molar-refractivity contribution in [2.45, 2.75) is 46.5 Å². The number of anilines is 1. The zero-order chi connectivity index (χ0) is 20.3. The number of nitrogens with one attached hydrogen (secondary N) is 1. The molecule has 146 valence electrons. The molecule has 5 heteroatoms. The number of para-hydroxylation sites is 1. The van der Waals surface area contributed by atoms with E-state index in [4.69, 9.17) is 4.42 Å². The number of amides is 1. The standard InChI is InChI=1S/C23H25NO4/c1-4-9-17-20(22(26)19-16(25)12-8-13-18(19)28-17)23(27)24-21-14(5-2)10-7-11-15(21)6-3/h7-8,10-13,25H,4-6,9H2,1-3H3,(H,24,27). The molecule has 1 amide bonds. The van der Waals surface area contributed by atoms with Gasteiger partial charge in [-0.3, -0.25) is 9.59 Å². The van der Waals surface area contributed by atoms with Crippen LogP contribution in [0.3, 0.4) is 0 Å². The molecule has 0 radical (unpaired) electrons. The molecule has 5 nitrogen and oxygen atoms in total. The van der Waals surface area contributed by atoms with Gasteiger partial charge in [0.15, 0.2) is 0 Å². The summed E-state index contributed by atoms with van der Waals surface area (Å²) in [5.74, 6) is -0.348. The van der Waals surface area contributed by atoms with E-state index in [1.165, 1.54) is 6.07 Å². The molecule has 1 heterocycles. The van der Waals surface area contributed by atoms with Gasteiger partial charge in [-0.2, -0.15) is 0 Å². The van der Waals surface area contributed by atoms with Gasteiger partial charge in [0.1, 0.15) is 28.0 Å². The monoisotopic (exact) mass is 379 g/mol. The lowest BCUT2D eigenvalue weighted by Crippen LogP contribution is -2.25. The van der Waals surface area contributed by atoms with E-state index in [9.17, 15) is 14.7 Å². The molecule has 0 unspecified atom stereocenters. The first kappa shape index (κ1) is 19.7. The molecule has 0 aliphatic heterocycles. The number of fused-ring (bicyclic) bond motifs is 1. The van der Waals surface area contributed by atoms with E-state index < -0.39 is 11.3 Å². The maximum absolute atomic E-state index is 13.2. The summed E-state index contributed by atoms with van der Waals surface area (Å²) in [6.07, 6.45) is 2.70. The van der Waals surface area contributed by atoms with Crippen molar-refractivity contribution in [1.82, 2.24) is 0 Å². The molecular weight excluding hydrogens is 354 g/mol. The first-order valence-electron chi connectivity index (χ1n) is 9.71. The van der Waals surface area contributed by atoms with Crippen molar-refractivity contribution in [2.24, 2.45) is 0 Å². The first-order chi connectivity index (χ1) is 13.5.